The van der Waals surface area contributed by atoms with Crippen LogP contribution in [0, 0.1) is 17.0 Å². The molecule has 1 heterocycles. The third-order valence-corrected chi connectivity index (χ3v) is 5.68. The molecule has 0 atom stereocenters. The predicted octanol–water partition coefficient (Wildman–Crippen LogP) is 3.55. The van der Waals surface area contributed by atoms with E-state index in [1.807, 2.05) is 31.2 Å². The number of benzene rings is 2. The number of imide groups is 1. The average Bonchev–Trinajstić information content (AvgIpc) is 3.07. The Hall–Kier alpha value is -3.99. The van der Waals surface area contributed by atoms with Gasteiger partial charge in [-0.2, -0.15) is 0 Å². The van der Waals surface area contributed by atoms with Gasteiger partial charge in [0.1, 0.15) is 0 Å². The van der Waals surface area contributed by atoms with Crippen molar-refractivity contribution in [1.82, 2.24) is 10.2 Å². The van der Waals surface area contributed by atoms with Crippen molar-refractivity contribution < 1.29 is 28.8 Å². The number of nitrogens with zero attached hydrogens (tertiary/aromatic N) is 2. The Kier molecular flexibility index (Phi) is 7.79. The maximum absolute atomic E-state index is 12.6. The zero-order valence-corrected chi connectivity index (χ0v) is 19.2. The van der Waals surface area contributed by atoms with E-state index >= 15 is 0 Å². The normalized spacial score (nSPS) is 14.4. The standard InChI is InChI=1S/C23H21N3O7S/c1-3-33-22(29)17-11-16(12-18(13-17)26(31)32)20(27)24-8-9-25-21(28)19(34-23(25)30)10-15-6-4-14(2)5-7-15/h4-7,10-13H,3,8-9H2,1-2H3,(H,24,27)/b19-10-. The molecule has 34 heavy (non-hydrogen) atoms. The van der Waals surface area contributed by atoms with E-state index in [2.05, 4.69) is 5.32 Å². The van der Waals surface area contributed by atoms with Crippen LogP contribution in [0.25, 0.3) is 6.08 Å². The molecule has 10 nitrogen and oxygen atoms in total. The van der Waals surface area contributed by atoms with Crippen LogP contribution in [-0.4, -0.2) is 52.5 Å². The highest BCUT2D eigenvalue weighted by Crippen LogP contribution is 2.32. The maximum Gasteiger partial charge on any atom is 0.338 e. The first kappa shape index (κ1) is 24.6. The third-order valence-electron chi connectivity index (χ3n) is 4.77. The van der Waals surface area contributed by atoms with E-state index < -0.39 is 33.6 Å². The summed E-state index contributed by atoms with van der Waals surface area (Å²) in [7, 11) is 0. The molecular formula is C23H21N3O7S. The summed E-state index contributed by atoms with van der Waals surface area (Å²) in [4.78, 5) is 61.1. The second-order valence-electron chi connectivity index (χ2n) is 7.25. The van der Waals surface area contributed by atoms with E-state index in [1.54, 1.807) is 13.0 Å². The minimum atomic E-state index is -0.793. The minimum absolute atomic E-state index is 0.0688. The number of nitrogens with one attached hydrogen (secondary N) is 1. The van der Waals surface area contributed by atoms with Gasteiger partial charge in [0, 0.05) is 30.8 Å². The predicted molar refractivity (Wildman–Crippen MR) is 125 cm³/mol. The summed E-state index contributed by atoms with van der Waals surface area (Å²) >= 11 is 0.810. The Morgan fingerprint density at radius 2 is 1.82 bits per heavy atom. The summed E-state index contributed by atoms with van der Waals surface area (Å²) in [6.07, 6.45) is 1.63. The molecule has 176 valence electrons. The molecule has 1 aliphatic rings. The van der Waals surface area contributed by atoms with Crippen molar-refractivity contribution in [2.45, 2.75) is 13.8 Å². The molecule has 1 aliphatic heterocycles. The number of esters is 1. The van der Waals surface area contributed by atoms with E-state index in [0.717, 1.165) is 39.9 Å². The minimum Gasteiger partial charge on any atom is -0.462 e. The van der Waals surface area contributed by atoms with Crippen molar-refractivity contribution in [3.8, 4) is 0 Å². The van der Waals surface area contributed by atoms with Crippen LogP contribution in [0.4, 0.5) is 10.5 Å². The average molecular weight is 484 g/mol. The number of ether oxygens (including phenoxy) is 1. The van der Waals surface area contributed by atoms with Crippen molar-refractivity contribution in [2.75, 3.05) is 19.7 Å². The van der Waals surface area contributed by atoms with Gasteiger partial charge < -0.3 is 10.1 Å². The van der Waals surface area contributed by atoms with Gasteiger partial charge in [0.2, 0.25) is 0 Å². The van der Waals surface area contributed by atoms with E-state index in [0.29, 0.717) is 0 Å². The number of aryl methyl sites for hydroxylation is 1. The number of carbonyl (C=O) groups excluding carboxylic acids is 4. The molecule has 0 unspecified atom stereocenters. The fourth-order valence-electron chi connectivity index (χ4n) is 3.07. The molecule has 1 fully saturated rings. The van der Waals surface area contributed by atoms with Gasteiger partial charge in [-0.15, -0.1) is 0 Å². The number of hydrogen-bond acceptors (Lipinski definition) is 8. The lowest BCUT2D eigenvalue weighted by Crippen LogP contribution is -2.37. The number of carbonyl (C=O) groups is 4. The van der Waals surface area contributed by atoms with Gasteiger partial charge in [-0.05, 0) is 43.3 Å². The molecule has 3 amide bonds. The van der Waals surface area contributed by atoms with E-state index in [-0.39, 0.29) is 35.7 Å². The summed E-state index contributed by atoms with van der Waals surface area (Å²) in [6, 6.07) is 10.7. The number of hydrogen-bond donors (Lipinski definition) is 1. The van der Waals surface area contributed by atoms with E-state index in [1.165, 1.54) is 6.07 Å². The summed E-state index contributed by atoms with van der Waals surface area (Å²) < 4.78 is 4.85. The van der Waals surface area contributed by atoms with Crippen LogP contribution < -0.4 is 5.32 Å². The van der Waals surface area contributed by atoms with Crippen LogP contribution in [0.3, 0.4) is 0 Å². The van der Waals surface area contributed by atoms with Gasteiger partial charge in [-0.1, -0.05) is 29.8 Å². The molecule has 0 aliphatic carbocycles. The first-order chi connectivity index (χ1) is 16.2. The number of rotatable bonds is 8. The molecule has 1 N–H and O–H groups in total. The van der Waals surface area contributed by atoms with Crippen molar-refractivity contribution in [3.05, 3.63) is 79.7 Å². The Bertz CT molecular complexity index is 1190. The first-order valence-corrected chi connectivity index (χ1v) is 11.1. The number of non-ortho nitro benzene ring substituents is 1. The Morgan fingerprint density at radius 3 is 2.47 bits per heavy atom. The molecule has 1 saturated heterocycles. The molecule has 0 bridgehead atoms. The molecule has 2 aromatic carbocycles. The van der Waals surface area contributed by atoms with Gasteiger partial charge in [-0.3, -0.25) is 29.4 Å². The van der Waals surface area contributed by atoms with Crippen LogP contribution in [0.2, 0.25) is 0 Å². The SMILES string of the molecule is CCOC(=O)c1cc(C(=O)NCCN2C(=O)S/C(=C\c3ccc(C)cc3)C2=O)cc([N+](=O)[O-])c1. The first-order valence-electron chi connectivity index (χ1n) is 10.3. The van der Waals surface area contributed by atoms with Crippen molar-refractivity contribution in [2.24, 2.45) is 0 Å². The number of nitro groups is 1. The zero-order valence-electron chi connectivity index (χ0n) is 18.4. The topological polar surface area (TPSA) is 136 Å². The second-order valence-corrected chi connectivity index (χ2v) is 8.24. The van der Waals surface area contributed by atoms with Crippen LogP contribution in [0.1, 0.15) is 38.8 Å². The molecule has 2 aromatic rings. The molecule has 3 rings (SSSR count). The Morgan fingerprint density at radius 1 is 1.15 bits per heavy atom. The fraction of sp³-hybridized carbons (Fsp3) is 0.217. The largest absolute Gasteiger partial charge is 0.462 e. The summed E-state index contributed by atoms with van der Waals surface area (Å²) in [5.41, 5.74) is 1.16. The molecule has 11 heteroatoms. The van der Waals surface area contributed by atoms with E-state index in [9.17, 15) is 29.3 Å². The summed E-state index contributed by atoms with van der Waals surface area (Å²) in [5.74, 6) is -1.96. The van der Waals surface area contributed by atoms with Crippen molar-refractivity contribution >= 4 is 46.5 Å². The number of amides is 3. The molecule has 0 spiro atoms. The third kappa shape index (κ3) is 5.87. The highest BCUT2D eigenvalue weighted by molar-refractivity contribution is 8.18. The number of nitro benzene ring substituents is 1. The lowest BCUT2D eigenvalue weighted by molar-refractivity contribution is -0.384. The summed E-state index contributed by atoms with van der Waals surface area (Å²) in [6.45, 7) is 3.44. The Labute approximate surface area is 199 Å². The molecule has 0 aromatic heterocycles. The monoisotopic (exact) mass is 483 g/mol. The second kappa shape index (κ2) is 10.8. The van der Waals surface area contributed by atoms with Gasteiger partial charge in [0.25, 0.3) is 22.7 Å². The highest BCUT2D eigenvalue weighted by Gasteiger charge is 2.34. The fourth-order valence-corrected chi connectivity index (χ4v) is 3.94. The number of thioether (sulfide) groups is 1. The lowest BCUT2D eigenvalue weighted by Gasteiger charge is -2.13. The quantitative estimate of drug-likeness (QED) is 0.261. The van der Waals surface area contributed by atoms with Crippen LogP contribution in [0.5, 0.6) is 0 Å². The Balaban J connectivity index is 1.66. The van der Waals surface area contributed by atoms with Gasteiger partial charge in [0.05, 0.1) is 22.0 Å². The molecule has 0 radical (unpaired) electrons. The van der Waals surface area contributed by atoms with Crippen molar-refractivity contribution in [1.29, 1.82) is 0 Å². The summed E-state index contributed by atoms with van der Waals surface area (Å²) in [5, 5.41) is 13.2. The van der Waals surface area contributed by atoms with Crippen LogP contribution >= 0.6 is 11.8 Å². The van der Waals surface area contributed by atoms with Gasteiger partial charge >= 0.3 is 5.97 Å². The van der Waals surface area contributed by atoms with E-state index in [4.69, 9.17) is 4.74 Å². The van der Waals surface area contributed by atoms with Gasteiger partial charge in [0.15, 0.2) is 0 Å². The lowest BCUT2D eigenvalue weighted by atomic mass is 10.1. The maximum atomic E-state index is 12.6. The molecular weight excluding hydrogens is 462 g/mol. The smallest absolute Gasteiger partial charge is 0.338 e. The zero-order chi connectivity index (χ0) is 24.8. The van der Waals surface area contributed by atoms with Crippen molar-refractivity contribution in [3.63, 3.8) is 0 Å². The molecule has 0 saturated carbocycles. The van der Waals surface area contributed by atoms with Crippen LogP contribution in [0.15, 0.2) is 47.4 Å². The van der Waals surface area contributed by atoms with Gasteiger partial charge in [-0.25, -0.2) is 4.79 Å². The van der Waals surface area contributed by atoms with Crippen LogP contribution in [-0.2, 0) is 9.53 Å². The highest BCUT2D eigenvalue weighted by atomic mass is 32.2.